The lowest BCUT2D eigenvalue weighted by Crippen LogP contribution is -2.31. The third-order valence-corrected chi connectivity index (χ3v) is 5.83. The van der Waals surface area contributed by atoms with Crippen LogP contribution in [0.3, 0.4) is 0 Å². The number of aryl methyl sites for hydroxylation is 1. The van der Waals surface area contributed by atoms with Crippen LogP contribution in [0.4, 0.5) is 5.69 Å². The lowest BCUT2D eigenvalue weighted by Gasteiger charge is -2.25. The Labute approximate surface area is 207 Å². The maximum Gasteiger partial charge on any atom is 0.295 e. The molecule has 1 fully saturated rings. The van der Waals surface area contributed by atoms with Crippen molar-refractivity contribution in [2.24, 2.45) is 0 Å². The average Bonchev–Trinajstić information content (AvgIpc) is 3.46. The maximum absolute atomic E-state index is 13.1. The topological polar surface area (TPSA) is 128 Å². The summed E-state index contributed by atoms with van der Waals surface area (Å²) >= 11 is 0. The Balaban J connectivity index is 1.71. The number of hydrogen-bond acceptors (Lipinski definition) is 7. The number of aliphatic hydroxyl groups is 1. The number of Topliss-reactive ketones (excluding diaryl/α,β-unsaturated/α-hetero) is 1. The first-order valence-electron chi connectivity index (χ1n) is 11.5. The van der Waals surface area contributed by atoms with Crippen LogP contribution >= 0.6 is 0 Å². The van der Waals surface area contributed by atoms with Crippen molar-refractivity contribution in [3.05, 3.63) is 94.1 Å². The number of ether oxygens (including phenoxy) is 1. The lowest BCUT2D eigenvalue weighted by molar-refractivity contribution is -0.384. The van der Waals surface area contributed by atoms with E-state index in [0.29, 0.717) is 29.8 Å². The third-order valence-electron chi connectivity index (χ3n) is 5.83. The van der Waals surface area contributed by atoms with E-state index in [1.54, 1.807) is 43.0 Å². The highest BCUT2D eigenvalue weighted by molar-refractivity contribution is 6.46. The minimum Gasteiger partial charge on any atom is -0.507 e. The lowest BCUT2D eigenvalue weighted by atomic mass is 9.95. The Bertz CT molecular complexity index is 1280. The van der Waals surface area contributed by atoms with Gasteiger partial charge in [0.25, 0.3) is 17.4 Å². The van der Waals surface area contributed by atoms with Gasteiger partial charge >= 0.3 is 0 Å². The molecule has 0 aliphatic carbocycles. The van der Waals surface area contributed by atoms with Gasteiger partial charge in [-0.15, -0.1) is 0 Å². The van der Waals surface area contributed by atoms with Crippen molar-refractivity contribution in [3.63, 3.8) is 0 Å². The highest BCUT2D eigenvalue weighted by Gasteiger charge is 2.45. The number of nitro benzene ring substituents is 1. The van der Waals surface area contributed by atoms with Gasteiger partial charge in [-0.25, -0.2) is 4.98 Å². The molecular formula is C26H26N4O6. The van der Waals surface area contributed by atoms with Gasteiger partial charge in [0.05, 0.1) is 29.0 Å². The summed E-state index contributed by atoms with van der Waals surface area (Å²) in [5.41, 5.74) is 0.670. The number of nitro groups is 1. The minimum absolute atomic E-state index is 0.0285. The smallest absolute Gasteiger partial charge is 0.295 e. The van der Waals surface area contributed by atoms with Crippen LogP contribution in [-0.2, 0) is 16.1 Å². The summed E-state index contributed by atoms with van der Waals surface area (Å²) in [5, 5.41) is 22.3. The Kier molecular flexibility index (Phi) is 7.14. The highest BCUT2D eigenvalue weighted by atomic mass is 16.6. The van der Waals surface area contributed by atoms with Crippen molar-refractivity contribution >= 4 is 23.1 Å². The number of aromatic nitrogens is 2. The number of benzene rings is 2. The number of ketones is 1. The van der Waals surface area contributed by atoms with E-state index in [1.807, 2.05) is 18.4 Å². The molecule has 36 heavy (non-hydrogen) atoms. The molecule has 10 heteroatoms. The first kappa shape index (κ1) is 24.6. The second kappa shape index (κ2) is 10.4. The monoisotopic (exact) mass is 490 g/mol. The number of nitrogens with zero attached hydrogens (tertiary/aromatic N) is 4. The number of non-ortho nitro benzene ring substituents is 1. The van der Waals surface area contributed by atoms with Gasteiger partial charge in [0, 0.05) is 43.2 Å². The maximum atomic E-state index is 13.1. The minimum atomic E-state index is -0.889. The molecular weight excluding hydrogens is 464 g/mol. The van der Waals surface area contributed by atoms with E-state index in [1.165, 1.54) is 29.2 Å². The van der Waals surface area contributed by atoms with Crippen molar-refractivity contribution in [2.45, 2.75) is 39.0 Å². The summed E-state index contributed by atoms with van der Waals surface area (Å²) in [6, 6.07) is 11.3. The summed E-state index contributed by atoms with van der Waals surface area (Å²) in [6.07, 6.45) is 5.62. The van der Waals surface area contributed by atoms with Crippen LogP contribution in [0.5, 0.6) is 5.75 Å². The average molecular weight is 491 g/mol. The zero-order valence-electron chi connectivity index (χ0n) is 19.9. The fraction of sp³-hybridized carbons (Fsp3) is 0.269. The van der Waals surface area contributed by atoms with Crippen LogP contribution in [0.25, 0.3) is 5.76 Å². The molecule has 10 nitrogen and oxygen atoms in total. The van der Waals surface area contributed by atoms with Crippen molar-refractivity contribution in [1.29, 1.82) is 0 Å². The molecule has 4 rings (SSSR count). The SMILES string of the molecule is CC(C)Oc1ccc(C(O)=C2C(=O)C(=O)N(CCCn3ccnc3)[C@H]2c2ccc([N+](=O)[O-])cc2)cc1. The molecule has 2 heterocycles. The number of hydrogen-bond donors (Lipinski definition) is 1. The van der Waals surface area contributed by atoms with Crippen LogP contribution < -0.4 is 4.74 Å². The van der Waals surface area contributed by atoms with Crippen LogP contribution in [0.2, 0.25) is 0 Å². The molecule has 0 saturated carbocycles. The Hall–Kier alpha value is -4.47. The van der Waals surface area contributed by atoms with E-state index < -0.39 is 22.7 Å². The molecule has 0 spiro atoms. The Morgan fingerprint density at radius 2 is 1.81 bits per heavy atom. The molecule has 186 valence electrons. The zero-order valence-corrected chi connectivity index (χ0v) is 19.9. The molecule has 1 amide bonds. The van der Waals surface area contributed by atoms with E-state index in [2.05, 4.69) is 4.98 Å². The molecule has 3 aromatic rings. The van der Waals surface area contributed by atoms with Gasteiger partial charge in [-0.2, -0.15) is 0 Å². The summed E-state index contributed by atoms with van der Waals surface area (Å²) in [4.78, 5) is 42.2. The first-order valence-corrected chi connectivity index (χ1v) is 11.5. The van der Waals surface area contributed by atoms with Crippen LogP contribution in [0, 0.1) is 10.1 Å². The molecule has 1 aromatic heterocycles. The van der Waals surface area contributed by atoms with Gasteiger partial charge in [0.2, 0.25) is 0 Å². The van der Waals surface area contributed by atoms with Gasteiger partial charge in [0.15, 0.2) is 0 Å². The molecule has 1 N–H and O–H groups in total. The molecule has 0 unspecified atom stereocenters. The molecule has 0 radical (unpaired) electrons. The number of amides is 1. The number of carbonyl (C=O) groups excluding carboxylic acids is 2. The predicted octanol–water partition coefficient (Wildman–Crippen LogP) is 4.09. The van der Waals surface area contributed by atoms with Crippen molar-refractivity contribution < 1.29 is 24.4 Å². The summed E-state index contributed by atoms with van der Waals surface area (Å²) in [6.45, 7) is 4.61. The van der Waals surface area contributed by atoms with Crippen molar-refractivity contribution in [2.75, 3.05) is 6.54 Å². The molecule has 2 aromatic carbocycles. The van der Waals surface area contributed by atoms with Gasteiger partial charge in [0.1, 0.15) is 11.5 Å². The van der Waals surface area contributed by atoms with E-state index >= 15 is 0 Å². The summed E-state index contributed by atoms with van der Waals surface area (Å²) in [5.74, 6) is -1.25. The number of carbonyl (C=O) groups is 2. The molecule has 1 aliphatic heterocycles. The standard InChI is InChI=1S/C26H26N4O6/c1-17(2)36-21-10-6-19(7-11-21)24(31)22-23(18-4-8-20(9-5-18)30(34)35)29(26(33)25(22)32)14-3-13-28-15-12-27-16-28/h4-12,15-17,23,31H,3,13-14H2,1-2H3/t23-/m0/s1. The quantitative estimate of drug-likeness (QED) is 0.157. The van der Waals surface area contributed by atoms with E-state index in [4.69, 9.17) is 4.74 Å². The Morgan fingerprint density at radius 1 is 1.11 bits per heavy atom. The molecule has 1 atom stereocenters. The largest absolute Gasteiger partial charge is 0.507 e. The highest BCUT2D eigenvalue weighted by Crippen LogP contribution is 2.40. The number of imidazole rings is 1. The van der Waals surface area contributed by atoms with E-state index in [-0.39, 0.29) is 29.7 Å². The third kappa shape index (κ3) is 5.12. The zero-order chi connectivity index (χ0) is 25.8. The second-order valence-corrected chi connectivity index (χ2v) is 8.69. The van der Waals surface area contributed by atoms with Gasteiger partial charge < -0.3 is 19.3 Å². The Morgan fingerprint density at radius 3 is 2.39 bits per heavy atom. The van der Waals surface area contributed by atoms with Crippen LogP contribution in [0.1, 0.15) is 37.4 Å². The normalized spacial score (nSPS) is 17.1. The van der Waals surface area contributed by atoms with Gasteiger partial charge in [-0.05, 0) is 62.2 Å². The van der Waals surface area contributed by atoms with Crippen molar-refractivity contribution in [1.82, 2.24) is 14.5 Å². The fourth-order valence-electron chi connectivity index (χ4n) is 4.20. The molecule has 1 aliphatic rings. The van der Waals surface area contributed by atoms with Gasteiger partial charge in [-0.1, -0.05) is 0 Å². The van der Waals surface area contributed by atoms with Crippen LogP contribution in [0.15, 0.2) is 72.8 Å². The number of likely N-dealkylation sites (tertiary alicyclic amines) is 1. The second-order valence-electron chi connectivity index (χ2n) is 8.69. The van der Waals surface area contributed by atoms with Gasteiger partial charge in [-0.3, -0.25) is 19.7 Å². The first-order chi connectivity index (χ1) is 17.3. The van der Waals surface area contributed by atoms with Crippen LogP contribution in [-0.4, -0.2) is 48.8 Å². The van der Waals surface area contributed by atoms with Crippen molar-refractivity contribution in [3.8, 4) is 5.75 Å². The fourth-order valence-corrected chi connectivity index (χ4v) is 4.20. The summed E-state index contributed by atoms with van der Waals surface area (Å²) in [7, 11) is 0. The molecule has 1 saturated heterocycles. The predicted molar refractivity (Wildman–Crippen MR) is 131 cm³/mol. The number of aliphatic hydroxyl groups excluding tert-OH is 1. The number of rotatable bonds is 9. The summed E-state index contributed by atoms with van der Waals surface area (Å²) < 4.78 is 7.50. The molecule has 0 bridgehead atoms. The van der Waals surface area contributed by atoms with E-state index in [9.17, 15) is 24.8 Å². The van der Waals surface area contributed by atoms with E-state index in [0.717, 1.165) is 0 Å².